The van der Waals surface area contributed by atoms with Crippen molar-refractivity contribution in [2.24, 2.45) is 0 Å². The Kier molecular flexibility index (Phi) is 5.12. The van der Waals surface area contributed by atoms with E-state index in [1.807, 2.05) is 18.2 Å². The summed E-state index contributed by atoms with van der Waals surface area (Å²) in [6.07, 6.45) is -2.54. The number of hydrogen-bond donors (Lipinski definition) is 0. The number of carbonyl (C=O) groups excluding carboxylic acids is 1. The van der Waals surface area contributed by atoms with Gasteiger partial charge in [-0.05, 0) is 17.7 Å². The van der Waals surface area contributed by atoms with E-state index in [-0.39, 0.29) is 10.8 Å². The molecule has 138 valence electrons. The number of carbonyl (C=O) groups is 1. The highest BCUT2D eigenvalue weighted by molar-refractivity contribution is 5.93. The molecule has 3 rings (SSSR count). The van der Waals surface area contributed by atoms with Crippen molar-refractivity contribution in [1.29, 1.82) is 0 Å². The quantitative estimate of drug-likeness (QED) is 0.496. The molecule has 27 heavy (non-hydrogen) atoms. The second kappa shape index (κ2) is 7.49. The van der Waals surface area contributed by atoms with Crippen LogP contribution >= 0.6 is 0 Å². The van der Waals surface area contributed by atoms with Crippen LogP contribution < -0.4 is 5.43 Å². The van der Waals surface area contributed by atoms with Crippen LogP contribution in [0.25, 0.3) is 28.4 Å². The second-order valence-electron chi connectivity index (χ2n) is 5.62. The molecule has 0 saturated heterocycles. The van der Waals surface area contributed by atoms with Gasteiger partial charge in [0, 0.05) is 17.7 Å². The lowest BCUT2D eigenvalue weighted by atomic mass is 10.1. The molecule has 0 amide bonds. The average Bonchev–Trinajstić information content (AvgIpc) is 2.64. The minimum absolute atomic E-state index is 0.219. The highest BCUT2D eigenvalue weighted by Gasteiger charge is 2.29. The summed E-state index contributed by atoms with van der Waals surface area (Å²) < 4.78 is 46.1. The van der Waals surface area contributed by atoms with Crippen LogP contribution in [0.15, 0.2) is 69.9 Å². The zero-order valence-electron chi connectivity index (χ0n) is 13.8. The SMILES string of the molecule is O=C(/C=C/c1cccc2oc(-c3ccccc3)cc(=O)c12)OCC(F)(F)F. The normalized spacial score (nSPS) is 11.8. The van der Waals surface area contributed by atoms with E-state index in [1.165, 1.54) is 12.1 Å². The van der Waals surface area contributed by atoms with Gasteiger partial charge in [0.05, 0.1) is 5.39 Å². The van der Waals surface area contributed by atoms with Crippen LogP contribution in [-0.4, -0.2) is 18.8 Å². The van der Waals surface area contributed by atoms with Crippen molar-refractivity contribution in [1.82, 2.24) is 0 Å². The largest absolute Gasteiger partial charge is 0.456 e. The van der Waals surface area contributed by atoms with E-state index < -0.39 is 18.8 Å². The molecule has 0 atom stereocenters. The van der Waals surface area contributed by atoms with Crippen LogP contribution in [0.3, 0.4) is 0 Å². The summed E-state index contributed by atoms with van der Waals surface area (Å²) in [5.41, 5.74) is 1.03. The van der Waals surface area contributed by atoms with E-state index in [2.05, 4.69) is 4.74 Å². The monoisotopic (exact) mass is 374 g/mol. The Bertz CT molecular complexity index is 1050. The maximum Gasteiger partial charge on any atom is 0.422 e. The van der Waals surface area contributed by atoms with Gasteiger partial charge in [-0.2, -0.15) is 13.2 Å². The smallest absolute Gasteiger partial charge is 0.422 e. The van der Waals surface area contributed by atoms with Gasteiger partial charge < -0.3 is 9.15 Å². The Balaban J connectivity index is 1.93. The van der Waals surface area contributed by atoms with Crippen LogP contribution in [-0.2, 0) is 9.53 Å². The number of fused-ring (bicyclic) bond motifs is 1. The van der Waals surface area contributed by atoms with Gasteiger partial charge in [0.15, 0.2) is 12.0 Å². The Morgan fingerprint density at radius 1 is 1.07 bits per heavy atom. The lowest BCUT2D eigenvalue weighted by Crippen LogP contribution is -2.19. The molecule has 1 aromatic heterocycles. The first-order valence-electron chi connectivity index (χ1n) is 7.87. The molecule has 0 radical (unpaired) electrons. The summed E-state index contributed by atoms with van der Waals surface area (Å²) >= 11 is 0. The van der Waals surface area contributed by atoms with E-state index in [1.54, 1.807) is 30.3 Å². The highest BCUT2D eigenvalue weighted by atomic mass is 19.4. The number of halogens is 3. The third kappa shape index (κ3) is 4.63. The van der Waals surface area contributed by atoms with Crippen molar-refractivity contribution in [2.45, 2.75) is 6.18 Å². The molecular formula is C20H13F3O4. The minimum atomic E-state index is -4.60. The molecule has 0 unspecified atom stereocenters. The number of hydrogen-bond acceptors (Lipinski definition) is 4. The van der Waals surface area contributed by atoms with Crippen molar-refractivity contribution in [3.05, 3.63) is 76.5 Å². The third-order valence-corrected chi connectivity index (χ3v) is 3.62. The van der Waals surface area contributed by atoms with Crippen LogP contribution in [0, 0.1) is 0 Å². The molecule has 1 heterocycles. The van der Waals surface area contributed by atoms with Crippen molar-refractivity contribution < 1.29 is 27.1 Å². The fraction of sp³-hybridized carbons (Fsp3) is 0.100. The Labute approximate surface area is 151 Å². The molecule has 0 spiro atoms. The molecule has 2 aromatic carbocycles. The van der Waals surface area contributed by atoms with Crippen LogP contribution in [0.2, 0.25) is 0 Å². The van der Waals surface area contributed by atoms with E-state index >= 15 is 0 Å². The zero-order chi connectivity index (χ0) is 19.4. The van der Waals surface area contributed by atoms with Gasteiger partial charge in [0.25, 0.3) is 0 Å². The lowest BCUT2D eigenvalue weighted by molar-refractivity contribution is -0.182. The van der Waals surface area contributed by atoms with Gasteiger partial charge >= 0.3 is 12.1 Å². The predicted molar refractivity (Wildman–Crippen MR) is 94.0 cm³/mol. The van der Waals surface area contributed by atoms with Gasteiger partial charge in [-0.3, -0.25) is 4.79 Å². The first-order chi connectivity index (χ1) is 12.8. The van der Waals surface area contributed by atoms with E-state index in [0.717, 1.165) is 11.6 Å². The molecule has 4 nitrogen and oxygen atoms in total. The standard InChI is InChI=1S/C20H13F3O4/c21-20(22,23)12-26-18(25)10-9-14-7-4-8-16-19(14)15(24)11-17(27-16)13-5-2-1-3-6-13/h1-11H,12H2/b10-9+. The Hall–Kier alpha value is -3.35. The Morgan fingerprint density at radius 3 is 2.52 bits per heavy atom. The van der Waals surface area contributed by atoms with Crippen molar-refractivity contribution in [2.75, 3.05) is 6.61 Å². The highest BCUT2D eigenvalue weighted by Crippen LogP contribution is 2.24. The van der Waals surface area contributed by atoms with E-state index in [4.69, 9.17) is 4.42 Å². The summed E-state index contributed by atoms with van der Waals surface area (Å²) in [5.74, 6) is -0.770. The number of alkyl halides is 3. The van der Waals surface area contributed by atoms with Crippen molar-refractivity contribution >= 4 is 23.0 Å². The molecule has 0 bridgehead atoms. The molecule has 0 aliphatic carbocycles. The molecule has 0 saturated carbocycles. The van der Waals surface area contributed by atoms with Crippen LogP contribution in [0.5, 0.6) is 0 Å². The number of ether oxygens (including phenoxy) is 1. The van der Waals surface area contributed by atoms with Crippen molar-refractivity contribution in [3.8, 4) is 11.3 Å². The van der Waals surface area contributed by atoms with Gasteiger partial charge in [-0.15, -0.1) is 0 Å². The third-order valence-electron chi connectivity index (χ3n) is 3.62. The van der Waals surface area contributed by atoms with Crippen molar-refractivity contribution in [3.63, 3.8) is 0 Å². The fourth-order valence-electron chi connectivity index (χ4n) is 2.48. The predicted octanol–water partition coefficient (Wildman–Crippen LogP) is 4.58. The maximum absolute atomic E-state index is 12.5. The second-order valence-corrected chi connectivity index (χ2v) is 5.62. The molecule has 0 aliphatic rings. The number of rotatable bonds is 4. The fourth-order valence-corrected chi connectivity index (χ4v) is 2.48. The van der Waals surface area contributed by atoms with Gasteiger partial charge in [-0.1, -0.05) is 42.5 Å². The van der Waals surface area contributed by atoms with Gasteiger partial charge in [-0.25, -0.2) is 4.79 Å². The molecule has 0 N–H and O–H groups in total. The molecular weight excluding hydrogens is 361 g/mol. The van der Waals surface area contributed by atoms with Gasteiger partial charge in [0.2, 0.25) is 0 Å². The summed E-state index contributed by atoms with van der Waals surface area (Å²) in [6.45, 7) is -1.67. The summed E-state index contributed by atoms with van der Waals surface area (Å²) in [4.78, 5) is 23.9. The van der Waals surface area contributed by atoms with E-state index in [0.29, 0.717) is 16.9 Å². The average molecular weight is 374 g/mol. The first kappa shape index (κ1) is 18.4. The summed E-state index contributed by atoms with van der Waals surface area (Å²) in [5, 5.41) is 0.219. The maximum atomic E-state index is 12.5. The molecule has 3 aromatic rings. The van der Waals surface area contributed by atoms with Crippen LogP contribution in [0.1, 0.15) is 5.56 Å². The van der Waals surface area contributed by atoms with E-state index in [9.17, 15) is 22.8 Å². The Morgan fingerprint density at radius 2 is 1.81 bits per heavy atom. The van der Waals surface area contributed by atoms with Gasteiger partial charge in [0.1, 0.15) is 11.3 Å². The summed E-state index contributed by atoms with van der Waals surface area (Å²) in [7, 11) is 0. The number of esters is 1. The lowest BCUT2D eigenvalue weighted by Gasteiger charge is -2.06. The molecule has 0 aliphatic heterocycles. The zero-order valence-corrected chi connectivity index (χ0v) is 13.8. The van der Waals surface area contributed by atoms with Crippen LogP contribution in [0.4, 0.5) is 13.2 Å². The topological polar surface area (TPSA) is 56.5 Å². The summed E-state index contributed by atoms with van der Waals surface area (Å²) in [6, 6.07) is 15.1. The first-order valence-corrected chi connectivity index (χ1v) is 7.87. The number of benzene rings is 2. The molecule has 0 fully saturated rings. The molecule has 7 heteroatoms. The minimum Gasteiger partial charge on any atom is -0.456 e.